The molecule has 2 aromatic carbocycles. The zero-order valence-corrected chi connectivity index (χ0v) is 18.2. The number of carbonyl (C=O) groups excluding carboxylic acids is 1. The number of aromatic nitrogens is 1. The Morgan fingerprint density at radius 2 is 1.62 bits per heavy atom. The predicted octanol–water partition coefficient (Wildman–Crippen LogP) is 4.27. The number of primary sulfonamides is 1. The summed E-state index contributed by atoms with van der Waals surface area (Å²) in [5.41, 5.74) is 0.765. The molecule has 3 rings (SSSR count). The molecule has 1 aromatic heterocycles. The molecule has 0 saturated carbocycles. The molecule has 0 bridgehead atoms. The lowest BCUT2D eigenvalue weighted by molar-refractivity contribution is -0.137. The van der Waals surface area contributed by atoms with Crippen molar-refractivity contribution in [3.05, 3.63) is 87.5 Å². The van der Waals surface area contributed by atoms with Crippen molar-refractivity contribution in [2.45, 2.75) is 31.3 Å². The summed E-state index contributed by atoms with van der Waals surface area (Å²) >= 11 is 0. The average molecular weight is 468 g/mol. The molecule has 10 heteroatoms. The number of rotatable bonds is 5. The number of ketones is 1. The molecule has 0 saturated heterocycles. The third kappa shape index (κ3) is 4.46. The van der Waals surface area contributed by atoms with Gasteiger partial charge < -0.3 is 4.57 Å². The van der Waals surface area contributed by atoms with Gasteiger partial charge in [0.25, 0.3) is 0 Å². The molecule has 2 N–H and O–H groups in total. The van der Waals surface area contributed by atoms with Crippen LogP contribution in [-0.4, -0.2) is 18.8 Å². The van der Waals surface area contributed by atoms with E-state index < -0.39 is 38.3 Å². The van der Waals surface area contributed by atoms with Crippen molar-refractivity contribution in [2.24, 2.45) is 12.2 Å². The SMILES string of the molecule is Cc1ccc(Cc2cc(C)c(C(=O)c3ccc(C(F)(F)F)cc3)n2C)c(F)c1S(N)(=O)=O. The van der Waals surface area contributed by atoms with Crippen LogP contribution in [0.5, 0.6) is 0 Å². The van der Waals surface area contributed by atoms with Gasteiger partial charge in [-0.25, -0.2) is 17.9 Å². The highest BCUT2D eigenvalue weighted by atomic mass is 32.2. The molecule has 1 heterocycles. The molecule has 32 heavy (non-hydrogen) atoms. The fourth-order valence-electron chi connectivity index (χ4n) is 3.65. The lowest BCUT2D eigenvalue weighted by Gasteiger charge is -2.12. The lowest BCUT2D eigenvalue weighted by Crippen LogP contribution is -2.17. The number of benzene rings is 2. The fourth-order valence-corrected chi connectivity index (χ4v) is 4.54. The standard InChI is InChI=1S/C22H20F4N2O3S/c1-12-4-5-15(18(23)21(12)32(27,30)31)11-17-10-13(2)19(28(17)3)20(29)14-6-8-16(9-7-14)22(24,25)26/h4-10H,11H2,1-3H3,(H2,27,30,31). The van der Waals surface area contributed by atoms with Gasteiger partial charge in [-0.3, -0.25) is 4.79 Å². The van der Waals surface area contributed by atoms with Crippen molar-refractivity contribution in [3.63, 3.8) is 0 Å². The van der Waals surface area contributed by atoms with Crippen LogP contribution in [0.15, 0.2) is 47.4 Å². The van der Waals surface area contributed by atoms with Crippen molar-refractivity contribution < 1.29 is 30.8 Å². The Balaban J connectivity index is 1.98. The van der Waals surface area contributed by atoms with E-state index in [-0.39, 0.29) is 28.8 Å². The number of halogens is 4. The minimum atomic E-state index is -4.51. The van der Waals surface area contributed by atoms with E-state index in [1.165, 1.54) is 23.6 Å². The Kier molecular flexibility index (Phi) is 6.05. The van der Waals surface area contributed by atoms with E-state index in [2.05, 4.69) is 0 Å². The molecule has 0 radical (unpaired) electrons. The summed E-state index contributed by atoms with van der Waals surface area (Å²) in [5, 5.41) is 5.13. The summed E-state index contributed by atoms with van der Waals surface area (Å²) in [6, 6.07) is 8.42. The molecule has 0 atom stereocenters. The Morgan fingerprint density at radius 3 is 2.16 bits per heavy atom. The third-order valence-corrected chi connectivity index (χ3v) is 6.31. The van der Waals surface area contributed by atoms with E-state index in [1.807, 2.05) is 0 Å². The minimum Gasteiger partial charge on any atom is -0.344 e. The van der Waals surface area contributed by atoms with Crippen LogP contribution in [0.2, 0.25) is 0 Å². The van der Waals surface area contributed by atoms with E-state index in [0.717, 1.165) is 24.3 Å². The van der Waals surface area contributed by atoms with Crippen molar-refractivity contribution in [2.75, 3.05) is 0 Å². The molecule has 0 aliphatic heterocycles. The fraction of sp³-hybridized carbons (Fsp3) is 0.227. The third-order valence-electron chi connectivity index (χ3n) is 5.24. The van der Waals surface area contributed by atoms with Crippen LogP contribution >= 0.6 is 0 Å². The molecule has 0 aliphatic rings. The Labute approximate surface area is 182 Å². The molecular formula is C22H20F4N2O3S. The van der Waals surface area contributed by atoms with Gasteiger partial charge >= 0.3 is 6.18 Å². The Morgan fingerprint density at radius 1 is 1.03 bits per heavy atom. The number of hydrogen-bond donors (Lipinski definition) is 1. The summed E-state index contributed by atoms with van der Waals surface area (Å²) in [4.78, 5) is 12.4. The number of hydrogen-bond acceptors (Lipinski definition) is 3. The first-order valence-electron chi connectivity index (χ1n) is 9.39. The molecule has 0 aliphatic carbocycles. The maximum Gasteiger partial charge on any atom is 0.416 e. The molecule has 0 amide bonds. The number of aryl methyl sites for hydroxylation is 2. The van der Waals surface area contributed by atoms with Gasteiger partial charge in [0.1, 0.15) is 10.7 Å². The largest absolute Gasteiger partial charge is 0.416 e. The second-order valence-corrected chi connectivity index (χ2v) is 9.04. The van der Waals surface area contributed by atoms with Crippen LogP contribution in [0.1, 0.15) is 44.0 Å². The van der Waals surface area contributed by atoms with Crippen molar-refractivity contribution >= 4 is 15.8 Å². The second kappa shape index (κ2) is 8.18. The first kappa shape index (κ1) is 23.7. The van der Waals surface area contributed by atoms with Gasteiger partial charge in [-0.2, -0.15) is 13.2 Å². The summed E-state index contributed by atoms with van der Waals surface area (Å²) in [5.74, 6) is -1.44. The van der Waals surface area contributed by atoms with Crippen LogP contribution in [0, 0.1) is 19.7 Å². The Bertz CT molecular complexity index is 1310. The highest BCUT2D eigenvalue weighted by Gasteiger charge is 2.30. The second-order valence-electron chi connectivity index (χ2n) is 7.54. The number of nitrogens with zero attached hydrogens (tertiary/aromatic N) is 1. The van der Waals surface area contributed by atoms with Crippen LogP contribution in [0.4, 0.5) is 17.6 Å². The molecule has 5 nitrogen and oxygen atoms in total. The molecule has 3 aromatic rings. The maximum atomic E-state index is 14.9. The van der Waals surface area contributed by atoms with Gasteiger partial charge in [0.05, 0.1) is 11.3 Å². The highest BCUT2D eigenvalue weighted by Crippen LogP contribution is 2.30. The number of nitrogens with two attached hydrogens (primary N) is 1. The maximum absolute atomic E-state index is 14.9. The number of carbonyl (C=O) groups is 1. The monoisotopic (exact) mass is 468 g/mol. The van der Waals surface area contributed by atoms with Crippen LogP contribution in [-0.2, 0) is 29.7 Å². The van der Waals surface area contributed by atoms with Gasteiger partial charge in [-0.05, 0) is 48.7 Å². The minimum absolute atomic E-state index is 0.0216. The van der Waals surface area contributed by atoms with E-state index in [9.17, 15) is 30.8 Å². The zero-order chi connectivity index (χ0) is 24.0. The van der Waals surface area contributed by atoms with Crippen LogP contribution in [0.25, 0.3) is 0 Å². The first-order valence-corrected chi connectivity index (χ1v) is 10.9. The van der Waals surface area contributed by atoms with Crippen LogP contribution in [0.3, 0.4) is 0 Å². The molecular weight excluding hydrogens is 448 g/mol. The quantitative estimate of drug-likeness (QED) is 0.449. The average Bonchev–Trinajstić information content (AvgIpc) is 2.95. The summed E-state index contributed by atoms with van der Waals surface area (Å²) in [7, 11) is -2.70. The van der Waals surface area contributed by atoms with Gasteiger partial charge in [0.15, 0.2) is 0 Å². The number of alkyl halides is 3. The normalized spacial score (nSPS) is 12.2. The topological polar surface area (TPSA) is 82.2 Å². The van der Waals surface area contributed by atoms with Crippen LogP contribution < -0.4 is 5.14 Å². The van der Waals surface area contributed by atoms with E-state index in [1.54, 1.807) is 20.0 Å². The molecule has 0 spiro atoms. The first-order chi connectivity index (χ1) is 14.7. The van der Waals surface area contributed by atoms with E-state index in [0.29, 0.717) is 11.3 Å². The summed E-state index contributed by atoms with van der Waals surface area (Å²) < 4.78 is 78.2. The summed E-state index contributed by atoms with van der Waals surface area (Å²) in [6.45, 7) is 3.09. The molecule has 170 valence electrons. The number of sulfonamides is 1. The van der Waals surface area contributed by atoms with Gasteiger partial charge in [-0.1, -0.05) is 24.3 Å². The van der Waals surface area contributed by atoms with Gasteiger partial charge in [-0.15, -0.1) is 0 Å². The highest BCUT2D eigenvalue weighted by molar-refractivity contribution is 7.89. The van der Waals surface area contributed by atoms with E-state index in [4.69, 9.17) is 5.14 Å². The van der Waals surface area contributed by atoms with Crippen molar-refractivity contribution in [1.82, 2.24) is 4.57 Å². The van der Waals surface area contributed by atoms with Gasteiger partial charge in [0, 0.05) is 24.7 Å². The Hall–Kier alpha value is -2.98. The van der Waals surface area contributed by atoms with Crippen molar-refractivity contribution in [3.8, 4) is 0 Å². The smallest absolute Gasteiger partial charge is 0.344 e. The predicted molar refractivity (Wildman–Crippen MR) is 110 cm³/mol. The molecule has 0 unspecified atom stereocenters. The van der Waals surface area contributed by atoms with Crippen molar-refractivity contribution in [1.29, 1.82) is 0 Å². The zero-order valence-electron chi connectivity index (χ0n) is 17.4. The molecule has 0 fully saturated rings. The lowest BCUT2D eigenvalue weighted by atomic mass is 10.0. The van der Waals surface area contributed by atoms with Gasteiger partial charge in [0.2, 0.25) is 15.8 Å². The summed E-state index contributed by atoms with van der Waals surface area (Å²) in [6.07, 6.45) is -4.53. The van der Waals surface area contributed by atoms with E-state index >= 15 is 0 Å².